The zero-order chi connectivity index (χ0) is 32.5. The Morgan fingerprint density at radius 2 is 1.12 bits per heavy atom. The Kier molecular flexibility index (Phi) is 6.40. The minimum Gasteiger partial charge on any atom is -0.309 e. The quantitative estimate of drug-likeness (QED) is 0.177. The second kappa shape index (κ2) is 10.7. The molecular weight excluding hydrogens is 605 g/mol. The molecule has 2 aromatic heterocycles. The molecule has 0 saturated heterocycles. The van der Waals surface area contributed by atoms with Gasteiger partial charge in [0.05, 0.1) is 16.7 Å². The van der Waals surface area contributed by atoms with E-state index in [2.05, 4.69) is 79.1 Å². The van der Waals surface area contributed by atoms with E-state index >= 15 is 0 Å². The van der Waals surface area contributed by atoms with Gasteiger partial charge in [0, 0.05) is 55.6 Å². The summed E-state index contributed by atoms with van der Waals surface area (Å²) in [6, 6.07) is 49.5. The van der Waals surface area contributed by atoms with Crippen molar-refractivity contribution in [2.24, 2.45) is 0 Å². The molecule has 4 nitrogen and oxygen atoms in total. The minimum atomic E-state index is -3.03. The SMILES string of the molecule is CC1(C)c2cc(-c3ncc(-c4ccc(P(=O)(c5ccccc5)c5ccccc5)cc4)cn3)ccc2-n2c3ccccc3c3cccc1c32. The van der Waals surface area contributed by atoms with Crippen LogP contribution in [0, 0.1) is 0 Å². The van der Waals surface area contributed by atoms with Crippen molar-refractivity contribution >= 4 is 44.9 Å². The molecule has 0 bridgehead atoms. The van der Waals surface area contributed by atoms with Crippen molar-refractivity contribution in [2.75, 3.05) is 0 Å². The molecule has 0 unspecified atom stereocenters. The Morgan fingerprint density at radius 1 is 0.542 bits per heavy atom. The van der Waals surface area contributed by atoms with E-state index in [-0.39, 0.29) is 5.41 Å². The zero-order valence-electron chi connectivity index (χ0n) is 26.7. The average molecular weight is 638 g/mol. The third kappa shape index (κ3) is 4.19. The van der Waals surface area contributed by atoms with Gasteiger partial charge >= 0.3 is 0 Å². The van der Waals surface area contributed by atoms with Crippen LogP contribution in [-0.4, -0.2) is 14.5 Å². The molecule has 0 amide bonds. The van der Waals surface area contributed by atoms with Gasteiger partial charge in [-0.25, -0.2) is 9.97 Å². The summed E-state index contributed by atoms with van der Waals surface area (Å²) in [4.78, 5) is 9.68. The van der Waals surface area contributed by atoms with Gasteiger partial charge in [0.25, 0.3) is 0 Å². The smallest absolute Gasteiger partial charge is 0.171 e. The molecule has 6 aromatic carbocycles. The summed E-state index contributed by atoms with van der Waals surface area (Å²) in [5.41, 5.74) is 8.97. The second-order valence-electron chi connectivity index (χ2n) is 13.0. The third-order valence-corrected chi connectivity index (χ3v) is 13.1. The molecule has 0 atom stereocenters. The molecule has 8 aromatic rings. The maximum atomic E-state index is 14.8. The Labute approximate surface area is 279 Å². The average Bonchev–Trinajstić information content (AvgIpc) is 3.49. The highest BCUT2D eigenvalue weighted by Gasteiger charge is 2.35. The van der Waals surface area contributed by atoms with E-state index in [1.807, 2.05) is 97.3 Å². The topological polar surface area (TPSA) is 47.8 Å². The summed E-state index contributed by atoms with van der Waals surface area (Å²) < 4.78 is 17.2. The van der Waals surface area contributed by atoms with Gasteiger partial charge in [0.2, 0.25) is 0 Å². The van der Waals surface area contributed by atoms with E-state index in [1.165, 1.54) is 38.6 Å². The lowest BCUT2D eigenvalue weighted by molar-refractivity contribution is 0.592. The summed E-state index contributed by atoms with van der Waals surface area (Å²) >= 11 is 0. The number of para-hydroxylation sites is 2. The van der Waals surface area contributed by atoms with Crippen molar-refractivity contribution in [2.45, 2.75) is 19.3 Å². The highest BCUT2D eigenvalue weighted by molar-refractivity contribution is 7.85. The lowest BCUT2D eigenvalue weighted by Crippen LogP contribution is -2.26. The van der Waals surface area contributed by atoms with Gasteiger partial charge < -0.3 is 9.13 Å². The number of nitrogens with zero attached hydrogens (tertiary/aromatic N) is 3. The Balaban J connectivity index is 1.07. The van der Waals surface area contributed by atoms with Crippen molar-refractivity contribution in [1.29, 1.82) is 0 Å². The van der Waals surface area contributed by atoms with Crippen LogP contribution in [0.3, 0.4) is 0 Å². The van der Waals surface area contributed by atoms with Gasteiger partial charge in [-0.1, -0.05) is 135 Å². The summed E-state index contributed by atoms with van der Waals surface area (Å²) in [5.74, 6) is 0.688. The molecule has 0 saturated carbocycles. The van der Waals surface area contributed by atoms with Crippen LogP contribution in [0.5, 0.6) is 0 Å². The maximum absolute atomic E-state index is 14.8. The van der Waals surface area contributed by atoms with Crippen molar-refractivity contribution in [3.8, 4) is 28.2 Å². The number of aromatic nitrogens is 3. The van der Waals surface area contributed by atoms with Gasteiger partial charge in [-0.3, -0.25) is 0 Å². The van der Waals surface area contributed by atoms with E-state index < -0.39 is 7.14 Å². The molecule has 0 radical (unpaired) electrons. The van der Waals surface area contributed by atoms with Crippen LogP contribution in [-0.2, 0) is 9.98 Å². The van der Waals surface area contributed by atoms with Gasteiger partial charge in [-0.05, 0) is 41.0 Å². The fourth-order valence-electron chi connectivity index (χ4n) is 7.50. The molecule has 5 heteroatoms. The molecule has 0 fully saturated rings. The Morgan fingerprint density at radius 3 is 1.81 bits per heavy atom. The highest BCUT2D eigenvalue weighted by atomic mass is 31.2. The van der Waals surface area contributed by atoms with E-state index in [4.69, 9.17) is 9.97 Å². The van der Waals surface area contributed by atoms with Gasteiger partial charge in [0.15, 0.2) is 13.0 Å². The van der Waals surface area contributed by atoms with Gasteiger partial charge in [0.1, 0.15) is 0 Å². The number of hydrogen-bond donors (Lipinski definition) is 0. The van der Waals surface area contributed by atoms with E-state index in [0.29, 0.717) is 5.82 Å². The molecule has 1 aliphatic rings. The molecule has 230 valence electrons. The molecule has 48 heavy (non-hydrogen) atoms. The predicted molar refractivity (Wildman–Crippen MR) is 199 cm³/mol. The van der Waals surface area contributed by atoms with E-state index in [1.54, 1.807) is 0 Å². The molecule has 3 heterocycles. The van der Waals surface area contributed by atoms with Crippen LogP contribution in [0.2, 0.25) is 0 Å². The van der Waals surface area contributed by atoms with Crippen molar-refractivity contribution in [1.82, 2.24) is 14.5 Å². The van der Waals surface area contributed by atoms with Crippen LogP contribution < -0.4 is 15.9 Å². The first-order valence-electron chi connectivity index (χ1n) is 16.3. The first-order valence-corrected chi connectivity index (χ1v) is 18.0. The van der Waals surface area contributed by atoms with E-state index in [0.717, 1.165) is 32.6 Å². The number of rotatable bonds is 5. The molecule has 0 N–H and O–H groups in total. The molecule has 0 aliphatic carbocycles. The van der Waals surface area contributed by atoms with E-state index in [9.17, 15) is 4.57 Å². The Bertz CT molecular complexity index is 2490. The normalized spacial score (nSPS) is 13.5. The summed E-state index contributed by atoms with van der Waals surface area (Å²) in [5, 5.41) is 5.01. The van der Waals surface area contributed by atoms with Crippen molar-refractivity contribution in [3.05, 3.63) is 169 Å². The first kappa shape index (κ1) is 28.6. The number of fused-ring (bicyclic) bond motifs is 5. The van der Waals surface area contributed by atoms with Crippen LogP contribution in [0.4, 0.5) is 0 Å². The van der Waals surface area contributed by atoms with Crippen molar-refractivity contribution < 1.29 is 4.57 Å². The molecule has 9 rings (SSSR count). The first-order chi connectivity index (χ1) is 23.4. The molecule has 0 spiro atoms. The van der Waals surface area contributed by atoms with Crippen LogP contribution >= 0.6 is 7.14 Å². The third-order valence-electron chi connectivity index (χ3n) is 9.99. The lowest BCUT2D eigenvalue weighted by Gasteiger charge is -2.35. The second-order valence-corrected chi connectivity index (χ2v) is 15.8. The standard InChI is InChI=1S/C43H32N3OP/c1-43(2)37-18-11-17-36-35-16-9-10-19-39(35)46(41(36)37)40-25-22-30(26-38(40)43)42-44-27-31(28-45-42)29-20-23-34(24-21-29)48(47,32-12-5-3-6-13-32)33-14-7-4-8-15-33/h3-28H,1-2H3. The lowest BCUT2D eigenvalue weighted by atomic mass is 9.74. The zero-order valence-corrected chi connectivity index (χ0v) is 27.6. The minimum absolute atomic E-state index is 0.199. The van der Waals surface area contributed by atoms with Crippen molar-refractivity contribution in [3.63, 3.8) is 0 Å². The Hall–Kier alpha value is -5.57. The fourth-order valence-corrected chi connectivity index (χ4v) is 10.1. The number of hydrogen-bond acceptors (Lipinski definition) is 3. The van der Waals surface area contributed by atoms with Crippen LogP contribution in [0.15, 0.2) is 158 Å². The summed E-state index contributed by atoms with van der Waals surface area (Å²) in [7, 11) is -3.03. The largest absolute Gasteiger partial charge is 0.309 e. The monoisotopic (exact) mass is 637 g/mol. The summed E-state index contributed by atoms with van der Waals surface area (Å²) in [6.45, 7) is 4.63. The maximum Gasteiger partial charge on any atom is 0.171 e. The predicted octanol–water partition coefficient (Wildman–Crippen LogP) is 9.19. The fraction of sp³-hybridized carbons (Fsp3) is 0.0698. The molecule has 1 aliphatic heterocycles. The number of benzene rings is 6. The van der Waals surface area contributed by atoms with Crippen LogP contribution in [0.25, 0.3) is 50.0 Å². The summed E-state index contributed by atoms with van der Waals surface area (Å²) in [6.07, 6.45) is 3.77. The highest BCUT2D eigenvalue weighted by Crippen LogP contribution is 2.48. The van der Waals surface area contributed by atoms with Gasteiger partial charge in [-0.15, -0.1) is 0 Å². The van der Waals surface area contributed by atoms with Gasteiger partial charge in [-0.2, -0.15) is 0 Å². The molecular formula is C43H32N3OP. The van der Waals surface area contributed by atoms with Crippen LogP contribution in [0.1, 0.15) is 25.0 Å².